The molecule has 1 amide bonds. The van der Waals surface area contributed by atoms with Gasteiger partial charge in [0.05, 0.1) is 21.3 Å². The van der Waals surface area contributed by atoms with Crippen molar-refractivity contribution in [2.75, 3.05) is 28.4 Å². The van der Waals surface area contributed by atoms with Crippen LogP contribution in [0.25, 0.3) is 0 Å². The summed E-state index contributed by atoms with van der Waals surface area (Å²) in [5, 5.41) is 0. The van der Waals surface area contributed by atoms with Crippen LogP contribution >= 0.6 is 0 Å². The van der Waals surface area contributed by atoms with Crippen molar-refractivity contribution in [3.63, 3.8) is 0 Å². The fourth-order valence-electron chi connectivity index (χ4n) is 2.66. The van der Waals surface area contributed by atoms with E-state index in [1.807, 2.05) is 49.5 Å². The molecule has 0 N–H and O–H groups in total. The maximum Gasteiger partial charge on any atom is 0.222 e. The quantitative estimate of drug-likeness (QED) is 0.738. The standard InChI is InChI=1S/C20H25NO4/c1-21(14-16-7-5-6-8-17(16)23-2)20(22)12-10-15-9-11-18(24-3)19(13-15)25-4/h5-9,11,13H,10,12,14H2,1-4H3. The number of carbonyl (C=O) groups is 1. The Balaban J connectivity index is 1.95. The average molecular weight is 343 g/mol. The second-order valence-corrected chi connectivity index (χ2v) is 5.75. The van der Waals surface area contributed by atoms with Gasteiger partial charge in [0, 0.05) is 25.6 Å². The van der Waals surface area contributed by atoms with Crippen LogP contribution in [0.2, 0.25) is 0 Å². The van der Waals surface area contributed by atoms with Gasteiger partial charge in [-0.05, 0) is 30.2 Å². The van der Waals surface area contributed by atoms with E-state index in [0.29, 0.717) is 30.9 Å². The highest BCUT2D eigenvalue weighted by molar-refractivity contribution is 5.76. The van der Waals surface area contributed by atoms with E-state index in [-0.39, 0.29) is 5.91 Å². The normalized spacial score (nSPS) is 10.2. The number of methoxy groups -OCH3 is 3. The van der Waals surface area contributed by atoms with Crippen LogP contribution in [0.3, 0.4) is 0 Å². The van der Waals surface area contributed by atoms with Gasteiger partial charge >= 0.3 is 0 Å². The number of hydrogen-bond donors (Lipinski definition) is 0. The lowest BCUT2D eigenvalue weighted by Gasteiger charge is -2.19. The van der Waals surface area contributed by atoms with E-state index in [0.717, 1.165) is 16.9 Å². The first-order valence-corrected chi connectivity index (χ1v) is 8.15. The Morgan fingerprint density at radius 2 is 1.60 bits per heavy atom. The highest BCUT2D eigenvalue weighted by atomic mass is 16.5. The topological polar surface area (TPSA) is 48.0 Å². The molecule has 25 heavy (non-hydrogen) atoms. The third-order valence-corrected chi connectivity index (χ3v) is 4.10. The number of aryl methyl sites for hydroxylation is 1. The first-order valence-electron chi connectivity index (χ1n) is 8.15. The molecule has 0 aliphatic rings. The van der Waals surface area contributed by atoms with Crippen LogP contribution in [-0.4, -0.2) is 39.2 Å². The van der Waals surface area contributed by atoms with E-state index in [1.54, 1.807) is 26.2 Å². The highest BCUT2D eigenvalue weighted by Gasteiger charge is 2.13. The molecule has 2 aromatic carbocycles. The summed E-state index contributed by atoms with van der Waals surface area (Å²) in [6, 6.07) is 13.5. The molecule has 2 rings (SSSR count). The SMILES string of the molecule is COc1ccccc1CN(C)C(=O)CCc1ccc(OC)c(OC)c1. The first-order chi connectivity index (χ1) is 12.1. The molecular formula is C20H25NO4. The molecule has 0 fully saturated rings. The van der Waals surface area contributed by atoms with Crippen LogP contribution in [0.5, 0.6) is 17.2 Å². The van der Waals surface area contributed by atoms with Crippen molar-refractivity contribution >= 4 is 5.91 Å². The molecule has 2 aromatic rings. The minimum atomic E-state index is 0.0840. The van der Waals surface area contributed by atoms with Crippen molar-refractivity contribution in [1.29, 1.82) is 0 Å². The fourth-order valence-corrected chi connectivity index (χ4v) is 2.66. The van der Waals surface area contributed by atoms with E-state index in [1.165, 1.54) is 0 Å². The number of hydrogen-bond acceptors (Lipinski definition) is 4. The Labute approximate surface area is 149 Å². The Kier molecular flexibility index (Phi) is 6.69. The lowest BCUT2D eigenvalue weighted by Crippen LogP contribution is -2.26. The fraction of sp³-hybridized carbons (Fsp3) is 0.350. The van der Waals surface area contributed by atoms with Crippen molar-refractivity contribution in [1.82, 2.24) is 4.90 Å². The number of nitrogens with zero attached hydrogens (tertiary/aromatic N) is 1. The Bertz CT molecular complexity index is 715. The summed E-state index contributed by atoms with van der Waals surface area (Å²) < 4.78 is 15.9. The minimum absolute atomic E-state index is 0.0840. The summed E-state index contributed by atoms with van der Waals surface area (Å²) in [6.07, 6.45) is 1.08. The Morgan fingerprint density at radius 3 is 2.28 bits per heavy atom. The van der Waals surface area contributed by atoms with Crippen LogP contribution in [-0.2, 0) is 17.8 Å². The van der Waals surface area contributed by atoms with Gasteiger partial charge in [0.2, 0.25) is 5.91 Å². The van der Waals surface area contributed by atoms with Crippen LogP contribution in [0, 0.1) is 0 Å². The van der Waals surface area contributed by atoms with Crippen molar-refractivity contribution in [3.05, 3.63) is 53.6 Å². The van der Waals surface area contributed by atoms with Crippen molar-refractivity contribution < 1.29 is 19.0 Å². The van der Waals surface area contributed by atoms with Gasteiger partial charge in [-0.15, -0.1) is 0 Å². The highest BCUT2D eigenvalue weighted by Crippen LogP contribution is 2.28. The summed E-state index contributed by atoms with van der Waals surface area (Å²) in [6.45, 7) is 0.523. The van der Waals surface area contributed by atoms with Gasteiger partial charge < -0.3 is 19.1 Å². The first kappa shape index (κ1) is 18.6. The van der Waals surface area contributed by atoms with Crippen LogP contribution in [0.15, 0.2) is 42.5 Å². The largest absolute Gasteiger partial charge is 0.496 e. The number of carbonyl (C=O) groups excluding carboxylic acids is 1. The zero-order valence-electron chi connectivity index (χ0n) is 15.2. The lowest BCUT2D eigenvalue weighted by molar-refractivity contribution is -0.130. The molecule has 134 valence electrons. The summed E-state index contributed by atoms with van der Waals surface area (Å²) in [4.78, 5) is 14.1. The Hall–Kier alpha value is -2.69. The average Bonchev–Trinajstić information content (AvgIpc) is 2.66. The van der Waals surface area contributed by atoms with Gasteiger partial charge in [-0.1, -0.05) is 24.3 Å². The smallest absolute Gasteiger partial charge is 0.222 e. The van der Waals surface area contributed by atoms with E-state index in [9.17, 15) is 4.79 Å². The minimum Gasteiger partial charge on any atom is -0.496 e. The lowest BCUT2D eigenvalue weighted by atomic mass is 10.1. The van der Waals surface area contributed by atoms with Gasteiger partial charge in [-0.3, -0.25) is 4.79 Å². The molecule has 5 nitrogen and oxygen atoms in total. The van der Waals surface area contributed by atoms with Crippen LogP contribution in [0.4, 0.5) is 0 Å². The molecule has 0 aliphatic carbocycles. The molecule has 0 spiro atoms. The maximum atomic E-state index is 12.4. The third kappa shape index (κ3) is 4.89. The van der Waals surface area contributed by atoms with Gasteiger partial charge in [0.25, 0.3) is 0 Å². The number of ether oxygens (including phenoxy) is 3. The monoisotopic (exact) mass is 343 g/mol. The number of rotatable bonds is 8. The molecule has 5 heteroatoms. The van der Waals surface area contributed by atoms with E-state index in [2.05, 4.69) is 0 Å². The molecule has 0 bridgehead atoms. The van der Waals surface area contributed by atoms with Crippen LogP contribution in [0.1, 0.15) is 17.5 Å². The second kappa shape index (κ2) is 8.97. The summed E-state index contributed by atoms with van der Waals surface area (Å²) in [7, 11) is 6.66. The summed E-state index contributed by atoms with van der Waals surface area (Å²) in [5.74, 6) is 2.24. The predicted molar refractivity (Wildman–Crippen MR) is 97.3 cm³/mol. The zero-order chi connectivity index (χ0) is 18.2. The molecule has 0 unspecified atom stereocenters. The Morgan fingerprint density at radius 1 is 0.920 bits per heavy atom. The number of amides is 1. The van der Waals surface area contributed by atoms with Crippen molar-refractivity contribution in [3.8, 4) is 17.2 Å². The van der Waals surface area contributed by atoms with Gasteiger partial charge in [-0.25, -0.2) is 0 Å². The van der Waals surface area contributed by atoms with E-state index < -0.39 is 0 Å². The number of benzene rings is 2. The predicted octanol–water partition coefficient (Wildman–Crippen LogP) is 3.30. The van der Waals surface area contributed by atoms with Gasteiger partial charge in [0.15, 0.2) is 11.5 Å². The number of para-hydroxylation sites is 1. The molecule has 0 aromatic heterocycles. The summed E-state index contributed by atoms with van der Waals surface area (Å²) in [5.41, 5.74) is 2.03. The molecule has 0 heterocycles. The molecule has 0 saturated heterocycles. The van der Waals surface area contributed by atoms with Crippen molar-refractivity contribution in [2.45, 2.75) is 19.4 Å². The van der Waals surface area contributed by atoms with E-state index >= 15 is 0 Å². The van der Waals surface area contributed by atoms with Gasteiger partial charge in [-0.2, -0.15) is 0 Å². The zero-order valence-corrected chi connectivity index (χ0v) is 15.2. The molecule has 0 radical (unpaired) electrons. The third-order valence-electron chi connectivity index (χ3n) is 4.10. The molecular weight excluding hydrogens is 318 g/mol. The van der Waals surface area contributed by atoms with Crippen molar-refractivity contribution in [2.24, 2.45) is 0 Å². The van der Waals surface area contributed by atoms with Crippen LogP contribution < -0.4 is 14.2 Å². The second-order valence-electron chi connectivity index (χ2n) is 5.75. The van der Waals surface area contributed by atoms with Gasteiger partial charge in [0.1, 0.15) is 5.75 Å². The molecule has 0 atom stereocenters. The molecule has 0 saturated carbocycles. The maximum absolute atomic E-state index is 12.4. The molecule has 0 aliphatic heterocycles. The van der Waals surface area contributed by atoms with E-state index in [4.69, 9.17) is 14.2 Å². The summed E-state index contributed by atoms with van der Waals surface area (Å²) >= 11 is 0.